The molecule has 0 saturated carbocycles. The number of hydrogen-bond donors (Lipinski definition) is 2. The quantitative estimate of drug-likeness (QED) is 0.196. The van der Waals surface area contributed by atoms with Crippen LogP contribution < -0.4 is 14.8 Å². The van der Waals surface area contributed by atoms with E-state index >= 15 is 0 Å². The smallest absolute Gasteiger partial charge is 0.410 e. The Morgan fingerprint density at radius 2 is 1.89 bits per heavy atom. The minimum atomic E-state index is -3.48. The maximum atomic E-state index is 12.7. The van der Waals surface area contributed by atoms with Gasteiger partial charge in [0.2, 0.25) is 21.9 Å². The number of amides is 1. The van der Waals surface area contributed by atoms with Gasteiger partial charge in [-0.25, -0.2) is 28.2 Å². The van der Waals surface area contributed by atoms with Gasteiger partial charge in [0, 0.05) is 42.3 Å². The molecule has 2 aromatic heterocycles. The number of nitrogens with one attached hydrogen (secondary N) is 2. The summed E-state index contributed by atoms with van der Waals surface area (Å²) < 4.78 is 40.0. The molecule has 0 unspecified atom stereocenters. The lowest BCUT2D eigenvalue weighted by molar-refractivity contribution is 0.0206. The van der Waals surface area contributed by atoms with Crippen LogP contribution >= 0.6 is 0 Å². The molecule has 1 aliphatic rings. The Morgan fingerprint density at radius 1 is 1.09 bits per heavy atom. The van der Waals surface area contributed by atoms with Crippen LogP contribution in [0.4, 0.5) is 16.4 Å². The fourth-order valence-electron chi connectivity index (χ4n) is 5.42. The van der Waals surface area contributed by atoms with Gasteiger partial charge in [-0.05, 0) is 83.2 Å². The van der Waals surface area contributed by atoms with Crippen molar-refractivity contribution in [1.29, 1.82) is 0 Å². The average molecular weight is 647 g/mol. The number of carbonyl (C=O) groups excluding carboxylic acids is 1. The molecule has 4 aromatic rings. The Balaban J connectivity index is 1.42. The molecule has 1 amide bonds. The third-order valence-electron chi connectivity index (χ3n) is 7.47. The predicted molar refractivity (Wildman–Crippen MR) is 181 cm³/mol. The molecule has 12 heteroatoms. The van der Waals surface area contributed by atoms with E-state index in [9.17, 15) is 13.2 Å². The van der Waals surface area contributed by atoms with Crippen LogP contribution in [-0.2, 0) is 14.8 Å². The van der Waals surface area contributed by atoms with Crippen molar-refractivity contribution in [2.75, 3.05) is 28.9 Å². The molecule has 1 fully saturated rings. The number of anilines is 2. The second kappa shape index (κ2) is 13.5. The molecule has 1 atom stereocenters. The molecule has 46 heavy (non-hydrogen) atoms. The van der Waals surface area contributed by atoms with Gasteiger partial charge in [-0.3, -0.25) is 4.72 Å². The first kappa shape index (κ1) is 32.9. The van der Waals surface area contributed by atoms with Crippen LogP contribution in [0.25, 0.3) is 22.0 Å². The van der Waals surface area contributed by atoms with Gasteiger partial charge in [0.05, 0.1) is 22.7 Å². The van der Waals surface area contributed by atoms with Crippen LogP contribution in [0.15, 0.2) is 54.9 Å². The van der Waals surface area contributed by atoms with E-state index in [1.165, 1.54) is 0 Å². The number of nitrogens with zero attached hydrogens (tertiary/aromatic N) is 4. The van der Waals surface area contributed by atoms with E-state index in [0.29, 0.717) is 54.0 Å². The number of pyridine rings is 1. The van der Waals surface area contributed by atoms with E-state index in [0.717, 1.165) is 34.7 Å². The number of sulfonamides is 1. The van der Waals surface area contributed by atoms with Crippen molar-refractivity contribution < 1.29 is 22.7 Å². The average Bonchev–Trinajstić information content (AvgIpc) is 2.98. The maximum absolute atomic E-state index is 12.7. The van der Waals surface area contributed by atoms with Gasteiger partial charge < -0.3 is 19.7 Å². The first-order valence-electron chi connectivity index (χ1n) is 15.6. The number of aryl methyl sites for hydroxylation is 2. The number of ether oxygens (including phenoxy) is 2. The van der Waals surface area contributed by atoms with Crippen molar-refractivity contribution >= 4 is 38.5 Å². The summed E-state index contributed by atoms with van der Waals surface area (Å²) >= 11 is 0. The molecule has 0 radical (unpaired) electrons. The predicted octanol–water partition coefficient (Wildman–Crippen LogP) is 7.06. The SMILES string of the molecule is CCCS(=O)(=O)Nc1cccc2c(Oc3ncc(C)cc3-c3ccnc(N[C@H]4CCCN(C(=O)OC(C)(C)C)C4)n3)c(C)ccc12. The van der Waals surface area contributed by atoms with Crippen molar-refractivity contribution in [3.05, 3.63) is 66.0 Å². The van der Waals surface area contributed by atoms with Crippen LogP contribution in [0.5, 0.6) is 11.6 Å². The Labute approximate surface area is 270 Å². The fraction of sp³-hybridized carbons (Fsp3) is 0.412. The Kier molecular flexibility index (Phi) is 9.66. The molecule has 11 nitrogen and oxygen atoms in total. The lowest BCUT2D eigenvalue weighted by Gasteiger charge is -2.34. The number of likely N-dealkylation sites (tertiary alicyclic amines) is 1. The van der Waals surface area contributed by atoms with E-state index in [2.05, 4.69) is 20.0 Å². The Hall–Kier alpha value is -4.45. The zero-order valence-corrected chi connectivity index (χ0v) is 28.1. The van der Waals surface area contributed by atoms with Crippen molar-refractivity contribution in [3.63, 3.8) is 0 Å². The molecule has 0 bridgehead atoms. The number of fused-ring (bicyclic) bond motifs is 1. The molecule has 0 spiro atoms. The van der Waals surface area contributed by atoms with E-state index in [1.54, 1.807) is 35.5 Å². The molecule has 1 aliphatic heterocycles. The van der Waals surface area contributed by atoms with Crippen molar-refractivity contribution in [3.8, 4) is 22.9 Å². The lowest BCUT2D eigenvalue weighted by atomic mass is 10.0. The van der Waals surface area contributed by atoms with Crippen LogP contribution in [0, 0.1) is 13.8 Å². The molecule has 2 aromatic carbocycles. The first-order valence-corrected chi connectivity index (χ1v) is 17.2. The summed E-state index contributed by atoms with van der Waals surface area (Å²) in [5.41, 5.74) is 3.03. The zero-order valence-electron chi connectivity index (χ0n) is 27.3. The van der Waals surface area contributed by atoms with Gasteiger partial charge >= 0.3 is 6.09 Å². The fourth-order valence-corrected chi connectivity index (χ4v) is 6.57. The topological polar surface area (TPSA) is 136 Å². The van der Waals surface area contributed by atoms with Crippen molar-refractivity contribution in [2.24, 2.45) is 0 Å². The highest BCUT2D eigenvalue weighted by Gasteiger charge is 2.28. The van der Waals surface area contributed by atoms with E-state index in [-0.39, 0.29) is 17.9 Å². The number of rotatable bonds is 9. The minimum Gasteiger partial charge on any atom is -0.444 e. The van der Waals surface area contributed by atoms with Gasteiger partial charge in [-0.2, -0.15) is 0 Å². The van der Waals surface area contributed by atoms with Crippen LogP contribution in [-0.4, -0.2) is 64.8 Å². The molecule has 244 valence electrons. The van der Waals surface area contributed by atoms with Gasteiger partial charge in [0.15, 0.2) is 0 Å². The summed E-state index contributed by atoms with van der Waals surface area (Å²) in [6.45, 7) is 12.4. The second-order valence-electron chi connectivity index (χ2n) is 12.7. The van der Waals surface area contributed by atoms with Gasteiger partial charge in [0.1, 0.15) is 11.4 Å². The number of benzene rings is 2. The Bertz CT molecular complexity index is 1840. The van der Waals surface area contributed by atoms with E-state index in [1.807, 2.05) is 65.8 Å². The van der Waals surface area contributed by atoms with Crippen molar-refractivity contribution in [1.82, 2.24) is 19.9 Å². The summed E-state index contributed by atoms with van der Waals surface area (Å²) in [6.07, 6.45) is 5.31. The van der Waals surface area contributed by atoms with Gasteiger partial charge in [-0.15, -0.1) is 0 Å². The van der Waals surface area contributed by atoms with Crippen LogP contribution in [0.2, 0.25) is 0 Å². The van der Waals surface area contributed by atoms with Crippen molar-refractivity contribution in [2.45, 2.75) is 72.4 Å². The molecular formula is C34H42N6O5S. The number of piperidine rings is 1. The monoisotopic (exact) mass is 646 g/mol. The number of hydrogen-bond acceptors (Lipinski definition) is 9. The highest BCUT2D eigenvalue weighted by molar-refractivity contribution is 7.92. The minimum absolute atomic E-state index is 0.0355. The van der Waals surface area contributed by atoms with Crippen LogP contribution in [0.3, 0.4) is 0 Å². The molecule has 3 heterocycles. The summed E-state index contributed by atoms with van der Waals surface area (Å²) in [5.74, 6) is 1.40. The standard InChI is InChI=1S/C34H42N6O5S/c1-7-18-46(42,43)39-29-12-8-11-26-25(29)14-13-23(3)30(26)44-31-27(19-22(2)20-36-31)28-15-16-35-32(38-28)37-24-10-9-17-40(21-24)33(41)45-34(4,5)6/h8,11-16,19-20,24,39H,7,9-10,17-18,21H2,1-6H3,(H,35,37,38)/t24-/m0/s1. The summed E-state index contributed by atoms with van der Waals surface area (Å²) in [7, 11) is -3.48. The lowest BCUT2D eigenvalue weighted by Crippen LogP contribution is -2.47. The number of carbonyl (C=O) groups is 1. The third kappa shape index (κ3) is 8.03. The van der Waals surface area contributed by atoms with Crippen LogP contribution in [0.1, 0.15) is 58.1 Å². The molecule has 1 saturated heterocycles. The van der Waals surface area contributed by atoms with Gasteiger partial charge in [0.25, 0.3) is 0 Å². The second-order valence-corrected chi connectivity index (χ2v) is 14.5. The highest BCUT2D eigenvalue weighted by atomic mass is 32.2. The zero-order chi connectivity index (χ0) is 33.1. The van der Waals surface area contributed by atoms with E-state index in [4.69, 9.17) is 14.5 Å². The molecule has 0 aliphatic carbocycles. The summed E-state index contributed by atoms with van der Waals surface area (Å²) in [4.78, 5) is 28.3. The van der Waals surface area contributed by atoms with Gasteiger partial charge in [-0.1, -0.05) is 31.2 Å². The number of aromatic nitrogens is 3. The third-order valence-corrected chi connectivity index (χ3v) is 8.95. The first-order chi connectivity index (χ1) is 21.8. The highest BCUT2D eigenvalue weighted by Crippen LogP contribution is 2.39. The Morgan fingerprint density at radius 3 is 2.65 bits per heavy atom. The normalized spacial score (nSPS) is 15.4. The molecule has 2 N–H and O–H groups in total. The largest absolute Gasteiger partial charge is 0.444 e. The molecule has 5 rings (SSSR count). The summed E-state index contributed by atoms with van der Waals surface area (Å²) in [5, 5.41) is 4.87. The maximum Gasteiger partial charge on any atom is 0.410 e. The summed E-state index contributed by atoms with van der Waals surface area (Å²) in [6, 6.07) is 13.0. The van der Waals surface area contributed by atoms with E-state index < -0.39 is 15.6 Å². The molecular weight excluding hydrogens is 604 g/mol.